The molecule has 0 heterocycles. The molecule has 1 unspecified atom stereocenters. The Hall–Kier alpha value is -1.08. The maximum absolute atomic E-state index is 10.9. The Kier molecular flexibility index (Phi) is 3.06. The summed E-state index contributed by atoms with van der Waals surface area (Å²) in [6.45, 7) is 0. The van der Waals surface area contributed by atoms with Crippen molar-refractivity contribution in [3.8, 4) is 6.07 Å². The third kappa shape index (κ3) is 2.89. The van der Waals surface area contributed by atoms with E-state index in [1.165, 1.54) is 0 Å². The van der Waals surface area contributed by atoms with Gasteiger partial charge in [-0.15, -0.1) is 0 Å². The van der Waals surface area contributed by atoms with E-state index < -0.39 is 0 Å². The number of amides is 1. The number of carbonyl (C=O) groups excluding carboxylic acids is 1. The normalized spacial score (nSPS) is 18.0. The van der Waals surface area contributed by atoms with E-state index >= 15 is 0 Å². The summed E-state index contributed by atoms with van der Waals surface area (Å²) in [5.74, 6) is -0.0882. The maximum atomic E-state index is 10.9. The molecule has 12 heavy (non-hydrogen) atoms. The van der Waals surface area contributed by atoms with Crippen molar-refractivity contribution < 1.29 is 4.79 Å². The molecule has 1 aliphatic carbocycles. The fraction of sp³-hybridized carbons (Fsp3) is 0.750. The van der Waals surface area contributed by atoms with Crippen LogP contribution in [0.15, 0.2) is 0 Å². The minimum absolute atomic E-state index is 0.0882. The molecule has 0 aromatic heterocycles. The highest BCUT2D eigenvalue weighted by Crippen LogP contribution is 2.19. The van der Waals surface area contributed by atoms with Crippen molar-refractivity contribution in [1.82, 2.24) is 10.6 Å². The van der Waals surface area contributed by atoms with Gasteiger partial charge in [-0.25, -0.2) is 0 Å². The third-order valence-corrected chi connectivity index (χ3v) is 1.84. The van der Waals surface area contributed by atoms with Gasteiger partial charge in [0.05, 0.1) is 12.5 Å². The fourth-order valence-electron chi connectivity index (χ4n) is 0.964. The van der Waals surface area contributed by atoms with Crippen LogP contribution in [-0.2, 0) is 4.79 Å². The molecule has 66 valence electrons. The van der Waals surface area contributed by atoms with Gasteiger partial charge in [0.15, 0.2) is 0 Å². The van der Waals surface area contributed by atoms with Gasteiger partial charge in [0.25, 0.3) is 0 Å². The van der Waals surface area contributed by atoms with Crippen LogP contribution < -0.4 is 10.6 Å². The lowest BCUT2D eigenvalue weighted by Gasteiger charge is -2.08. The number of hydrogen-bond acceptors (Lipinski definition) is 3. The molecule has 0 spiro atoms. The first kappa shape index (κ1) is 9.01. The van der Waals surface area contributed by atoms with Crippen molar-refractivity contribution in [2.45, 2.75) is 31.3 Å². The summed E-state index contributed by atoms with van der Waals surface area (Å²) in [4.78, 5) is 10.9. The highest BCUT2D eigenvalue weighted by atomic mass is 16.1. The molecule has 1 saturated carbocycles. The summed E-state index contributed by atoms with van der Waals surface area (Å²) < 4.78 is 0. The van der Waals surface area contributed by atoms with E-state index in [0.29, 0.717) is 6.04 Å². The first-order valence-electron chi connectivity index (χ1n) is 4.12. The Labute approximate surface area is 71.9 Å². The topological polar surface area (TPSA) is 64.9 Å². The molecular formula is C8H13N3O. The molecule has 0 bridgehead atoms. The maximum Gasteiger partial charge on any atom is 0.222 e. The van der Waals surface area contributed by atoms with Crippen LogP contribution in [0, 0.1) is 11.3 Å². The lowest BCUT2D eigenvalue weighted by Crippen LogP contribution is -2.34. The highest BCUT2D eigenvalue weighted by Gasteiger charge is 2.25. The van der Waals surface area contributed by atoms with E-state index in [2.05, 4.69) is 16.7 Å². The largest absolute Gasteiger partial charge is 0.359 e. The Morgan fingerprint density at radius 1 is 1.75 bits per heavy atom. The first-order valence-corrected chi connectivity index (χ1v) is 4.12. The third-order valence-electron chi connectivity index (χ3n) is 1.84. The lowest BCUT2D eigenvalue weighted by atomic mass is 10.2. The number of nitrogens with zero attached hydrogens (tertiary/aromatic N) is 1. The molecule has 0 saturated heterocycles. The summed E-state index contributed by atoms with van der Waals surface area (Å²) in [5.41, 5.74) is 0. The summed E-state index contributed by atoms with van der Waals surface area (Å²) >= 11 is 0. The van der Waals surface area contributed by atoms with E-state index in [0.717, 1.165) is 12.8 Å². The standard InChI is InChI=1S/C8H13N3O/c1-10-8(12)4-7(5-9)11-6-2-3-6/h6-7,11H,2-4H2,1H3,(H,10,12). The average Bonchev–Trinajstić information content (AvgIpc) is 2.86. The number of nitriles is 1. The van der Waals surface area contributed by atoms with Crippen LogP contribution in [0.2, 0.25) is 0 Å². The molecule has 4 nitrogen and oxygen atoms in total. The SMILES string of the molecule is CNC(=O)CC(C#N)NC1CC1. The quantitative estimate of drug-likeness (QED) is 0.607. The monoisotopic (exact) mass is 167 g/mol. The van der Waals surface area contributed by atoms with Crippen LogP contribution in [0.1, 0.15) is 19.3 Å². The Morgan fingerprint density at radius 3 is 2.83 bits per heavy atom. The van der Waals surface area contributed by atoms with Crippen LogP contribution in [0.25, 0.3) is 0 Å². The van der Waals surface area contributed by atoms with Crippen molar-refractivity contribution in [1.29, 1.82) is 5.26 Å². The fourth-order valence-corrected chi connectivity index (χ4v) is 0.964. The number of rotatable bonds is 4. The van der Waals surface area contributed by atoms with E-state index in [1.807, 2.05) is 0 Å². The molecule has 0 aromatic carbocycles. The molecule has 0 aromatic rings. The second-order valence-corrected chi connectivity index (χ2v) is 3.00. The minimum atomic E-state index is -0.322. The van der Waals surface area contributed by atoms with Crippen LogP contribution in [0.3, 0.4) is 0 Å². The first-order chi connectivity index (χ1) is 5.76. The van der Waals surface area contributed by atoms with Crippen molar-refractivity contribution in [2.75, 3.05) is 7.05 Å². The highest BCUT2D eigenvalue weighted by molar-refractivity contribution is 5.76. The van der Waals surface area contributed by atoms with Crippen LogP contribution >= 0.6 is 0 Å². The molecule has 1 fully saturated rings. The molecule has 0 radical (unpaired) electrons. The molecular weight excluding hydrogens is 154 g/mol. The van der Waals surface area contributed by atoms with Gasteiger partial charge in [0.2, 0.25) is 5.91 Å². The van der Waals surface area contributed by atoms with Crippen LogP contribution in [0.5, 0.6) is 0 Å². The predicted molar refractivity (Wildman–Crippen MR) is 44.2 cm³/mol. The second-order valence-electron chi connectivity index (χ2n) is 3.00. The van der Waals surface area contributed by atoms with E-state index in [9.17, 15) is 4.79 Å². The zero-order chi connectivity index (χ0) is 8.97. The molecule has 1 aliphatic rings. The van der Waals surface area contributed by atoms with Crippen LogP contribution in [-0.4, -0.2) is 25.0 Å². The average molecular weight is 167 g/mol. The molecule has 1 atom stereocenters. The Balaban J connectivity index is 2.24. The van der Waals surface area contributed by atoms with Crippen molar-refractivity contribution in [3.63, 3.8) is 0 Å². The zero-order valence-electron chi connectivity index (χ0n) is 7.13. The van der Waals surface area contributed by atoms with Crippen molar-refractivity contribution in [3.05, 3.63) is 0 Å². The lowest BCUT2D eigenvalue weighted by molar-refractivity contribution is -0.120. The predicted octanol–water partition coefficient (Wildman–Crippen LogP) is -0.233. The summed E-state index contributed by atoms with van der Waals surface area (Å²) in [6, 6.07) is 2.22. The van der Waals surface area contributed by atoms with Gasteiger partial charge < -0.3 is 5.32 Å². The van der Waals surface area contributed by atoms with Gasteiger partial charge in [-0.2, -0.15) is 5.26 Å². The summed E-state index contributed by atoms with van der Waals surface area (Å²) in [5, 5.41) is 14.2. The zero-order valence-corrected chi connectivity index (χ0v) is 7.13. The van der Waals surface area contributed by atoms with Gasteiger partial charge in [-0.1, -0.05) is 0 Å². The van der Waals surface area contributed by atoms with Crippen molar-refractivity contribution in [2.24, 2.45) is 0 Å². The van der Waals surface area contributed by atoms with Gasteiger partial charge in [-0.05, 0) is 12.8 Å². The molecule has 0 aliphatic heterocycles. The van der Waals surface area contributed by atoms with Gasteiger partial charge in [0, 0.05) is 13.1 Å². The molecule has 2 N–H and O–H groups in total. The van der Waals surface area contributed by atoms with Crippen molar-refractivity contribution >= 4 is 5.91 Å². The van der Waals surface area contributed by atoms with Gasteiger partial charge >= 0.3 is 0 Å². The van der Waals surface area contributed by atoms with Gasteiger partial charge in [-0.3, -0.25) is 10.1 Å². The minimum Gasteiger partial charge on any atom is -0.359 e. The molecule has 1 amide bonds. The summed E-state index contributed by atoms with van der Waals surface area (Å²) in [6.07, 6.45) is 2.52. The number of hydrogen-bond donors (Lipinski definition) is 2. The number of nitrogens with one attached hydrogen (secondary N) is 2. The van der Waals surface area contributed by atoms with E-state index in [-0.39, 0.29) is 18.4 Å². The van der Waals surface area contributed by atoms with Gasteiger partial charge in [0.1, 0.15) is 6.04 Å². The summed E-state index contributed by atoms with van der Waals surface area (Å²) in [7, 11) is 1.58. The molecule has 1 rings (SSSR count). The number of carbonyl (C=O) groups is 1. The molecule has 4 heteroatoms. The van der Waals surface area contributed by atoms with Crippen LogP contribution in [0.4, 0.5) is 0 Å². The Bertz CT molecular complexity index is 205. The Morgan fingerprint density at radius 2 is 2.42 bits per heavy atom. The van der Waals surface area contributed by atoms with E-state index in [4.69, 9.17) is 5.26 Å². The van der Waals surface area contributed by atoms with E-state index in [1.54, 1.807) is 7.05 Å². The smallest absolute Gasteiger partial charge is 0.222 e. The second kappa shape index (κ2) is 4.07.